The first-order valence-corrected chi connectivity index (χ1v) is 7.50. The Morgan fingerprint density at radius 1 is 1.29 bits per heavy atom. The van der Waals surface area contributed by atoms with Crippen LogP contribution in [0.2, 0.25) is 0 Å². The lowest BCUT2D eigenvalue weighted by Gasteiger charge is -2.44. The quantitative estimate of drug-likeness (QED) is 0.626. The van der Waals surface area contributed by atoms with Crippen LogP contribution in [0.15, 0.2) is 0 Å². The van der Waals surface area contributed by atoms with Gasteiger partial charge in [-0.3, -0.25) is 4.90 Å². The first-order valence-electron chi connectivity index (χ1n) is 7.50. The highest BCUT2D eigenvalue weighted by Gasteiger charge is 2.37. The van der Waals surface area contributed by atoms with E-state index in [1.54, 1.807) is 0 Å². The predicted molar refractivity (Wildman–Crippen MR) is 76.2 cm³/mol. The summed E-state index contributed by atoms with van der Waals surface area (Å²) in [5.74, 6) is 0.955. The number of rotatable bonds is 9. The average molecular weight is 240 g/mol. The molecule has 1 aliphatic carbocycles. The standard InChI is InChI=1S/C15H32N2/c1-5-6-7-10-17(13(2)3)15(4,12-16)11-14-8-9-14/h13-14H,5-12,16H2,1-4H3. The van der Waals surface area contributed by atoms with Gasteiger partial charge in [-0.25, -0.2) is 0 Å². The van der Waals surface area contributed by atoms with E-state index in [1.807, 2.05) is 0 Å². The molecule has 0 saturated heterocycles. The third-order valence-electron chi connectivity index (χ3n) is 4.18. The van der Waals surface area contributed by atoms with Crippen molar-refractivity contribution in [2.75, 3.05) is 13.1 Å². The molecule has 0 bridgehead atoms. The molecule has 1 atom stereocenters. The molecule has 2 N–H and O–H groups in total. The molecule has 0 aliphatic heterocycles. The third kappa shape index (κ3) is 4.59. The van der Waals surface area contributed by atoms with Crippen molar-refractivity contribution in [1.82, 2.24) is 4.90 Å². The van der Waals surface area contributed by atoms with Gasteiger partial charge in [-0.15, -0.1) is 0 Å². The highest BCUT2D eigenvalue weighted by Crippen LogP contribution is 2.39. The lowest BCUT2D eigenvalue weighted by atomic mass is 9.90. The average Bonchev–Trinajstić information content (AvgIpc) is 3.07. The fraction of sp³-hybridized carbons (Fsp3) is 1.00. The minimum atomic E-state index is 0.225. The van der Waals surface area contributed by atoms with Crippen LogP contribution in [-0.4, -0.2) is 29.6 Å². The van der Waals surface area contributed by atoms with E-state index in [0.29, 0.717) is 6.04 Å². The molecule has 0 aromatic carbocycles. The summed E-state index contributed by atoms with van der Waals surface area (Å²) in [5, 5.41) is 0. The van der Waals surface area contributed by atoms with Crippen LogP contribution in [-0.2, 0) is 0 Å². The van der Waals surface area contributed by atoms with Gasteiger partial charge in [0.2, 0.25) is 0 Å². The van der Waals surface area contributed by atoms with Gasteiger partial charge in [0.05, 0.1) is 0 Å². The molecule has 0 radical (unpaired) electrons. The van der Waals surface area contributed by atoms with Crippen molar-refractivity contribution in [3.05, 3.63) is 0 Å². The van der Waals surface area contributed by atoms with Crippen LogP contribution < -0.4 is 5.73 Å². The Bertz CT molecular complexity index is 211. The smallest absolute Gasteiger partial charge is 0.0308 e. The van der Waals surface area contributed by atoms with Gasteiger partial charge < -0.3 is 5.73 Å². The van der Waals surface area contributed by atoms with Crippen molar-refractivity contribution in [2.45, 2.75) is 77.8 Å². The molecule has 1 saturated carbocycles. The van der Waals surface area contributed by atoms with Gasteiger partial charge in [-0.2, -0.15) is 0 Å². The van der Waals surface area contributed by atoms with Crippen molar-refractivity contribution in [2.24, 2.45) is 11.7 Å². The largest absolute Gasteiger partial charge is 0.329 e. The molecule has 0 aromatic heterocycles. The Balaban J connectivity index is 2.56. The van der Waals surface area contributed by atoms with Crippen LogP contribution in [0.25, 0.3) is 0 Å². The molecular formula is C15H32N2. The van der Waals surface area contributed by atoms with E-state index in [4.69, 9.17) is 5.73 Å². The Labute approximate surface area is 108 Å². The number of unbranched alkanes of at least 4 members (excludes halogenated alkanes) is 2. The number of hydrogen-bond acceptors (Lipinski definition) is 2. The summed E-state index contributed by atoms with van der Waals surface area (Å²) in [5.41, 5.74) is 6.31. The molecule has 2 nitrogen and oxygen atoms in total. The second kappa shape index (κ2) is 6.75. The van der Waals surface area contributed by atoms with Gasteiger partial charge in [0.25, 0.3) is 0 Å². The Morgan fingerprint density at radius 3 is 2.35 bits per heavy atom. The SMILES string of the molecule is CCCCCN(C(C)C)C(C)(CN)CC1CC1. The number of nitrogens with two attached hydrogens (primary N) is 1. The van der Waals surface area contributed by atoms with Crippen LogP contribution >= 0.6 is 0 Å². The zero-order valence-electron chi connectivity index (χ0n) is 12.3. The van der Waals surface area contributed by atoms with Crippen molar-refractivity contribution >= 4 is 0 Å². The van der Waals surface area contributed by atoms with Gasteiger partial charge >= 0.3 is 0 Å². The van der Waals surface area contributed by atoms with E-state index in [0.717, 1.165) is 12.5 Å². The molecule has 1 rings (SSSR count). The van der Waals surface area contributed by atoms with E-state index in [2.05, 4.69) is 32.6 Å². The van der Waals surface area contributed by atoms with Crippen LogP contribution in [0, 0.1) is 5.92 Å². The minimum absolute atomic E-state index is 0.225. The lowest BCUT2D eigenvalue weighted by Crippen LogP contribution is -2.55. The monoisotopic (exact) mass is 240 g/mol. The summed E-state index contributed by atoms with van der Waals surface area (Å²) in [6.45, 7) is 11.3. The third-order valence-corrected chi connectivity index (χ3v) is 4.18. The highest BCUT2D eigenvalue weighted by atomic mass is 15.2. The zero-order valence-corrected chi connectivity index (χ0v) is 12.3. The van der Waals surface area contributed by atoms with Gasteiger partial charge in [0, 0.05) is 18.1 Å². The number of hydrogen-bond donors (Lipinski definition) is 1. The van der Waals surface area contributed by atoms with Crippen molar-refractivity contribution in [3.63, 3.8) is 0 Å². The zero-order chi connectivity index (χ0) is 12.9. The molecular weight excluding hydrogens is 208 g/mol. The molecule has 0 amide bonds. The van der Waals surface area contributed by atoms with Crippen molar-refractivity contribution in [3.8, 4) is 0 Å². The van der Waals surface area contributed by atoms with E-state index in [-0.39, 0.29) is 5.54 Å². The first-order chi connectivity index (χ1) is 8.03. The van der Waals surface area contributed by atoms with Crippen LogP contribution in [0.1, 0.15) is 66.2 Å². The van der Waals surface area contributed by atoms with Crippen molar-refractivity contribution < 1.29 is 0 Å². The van der Waals surface area contributed by atoms with Gasteiger partial charge in [-0.1, -0.05) is 32.6 Å². The summed E-state index contributed by atoms with van der Waals surface area (Å²) in [4.78, 5) is 2.65. The highest BCUT2D eigenvalue weighted by molar-refractivity contribution is 4.94. The molecule has 1 fully saturated rings. The predicted octanol–water partition coefficient (Wildman–Crippen LogP) is 3.40. The maximum absolute atomic E-state index is 6.08. The van der Waals surface area contributed by atoms with E-state index >= 15 is 0 Å². The summed E-state index contributed by atoms with van der Waals surface area (Å²) < 4.78 is 0. The molecule has 1 unspecified atom stereocenters. The second-order valence-corrected chi connectivity index (χ2v) is 6.34. The Morgan fingerprint density at radius 2 is 1.94 bits per heavy atom. The topological polar surface area (TPSA) is 29.3 Å². The Hall–Kier alpha value is -0.0800. The molecule has 102 valence electrons. The van der Waals surface area contributed by atoms with E-state index < -0.39 is 0 Å². The van der Waals surface area contributed by atoms with Crippen molar-refractivity contribution in [1.29, 1.82) is 0 Å². The Kier molecular flexibility index (Phi) is 5.94. The van der Waals surface area contributed by atoms with Crippen LogP contribution in [0.3, 0.4) is 0 Å². The van der Waals surface area contributed by atoms with Crippen LogP contribution in [0.4, 0.5) is 0 Å². The van der Waals surface area contributed by atoms with Crippen LogP contribution in [0.5, 0.6) is 0 Å². The van der Waals surface area contributed by atoms with Gasteiger partial charge in [-0.05, 0) is 46.1 Å². The summed E-state index contributed by atoms with van der Waals surface area (Å²) >= 11 is 0. The van der Waals surface area contributed by atoms with Gasteiger partial charge in [0.1, 0.15) is 0 Å². The molecule has 0 spiro atoms. The first kappa shape index (κ1) is 15.0. The second-order valence-electron chi connectivity index (χ2n) is 6.34. The molecule has 1 aliphatic rings. The minimum Gasteiger partial charge on any atom is -0.329 e. The van der Waals surface area contributed by atoms with E-state index in [1.165, 1.54) is 45.1 Å². The number of nitrogens with zero attached hydrogens (tertiary/aromatic N) is 1. The normalized spacial score (nSPS) is 19.9. The fourth-order valence-electron chi connectivity index (χ4n) is 2.95. The maximum Gasteiger partial charge on any atom is 0.0308 e. The lowest BCUT2D eigenvalue weighted by molar-refractivity contribution is 0.0618. The molecule has 0 heterocycles. The summed E-state index contributed by atoms with van der Waals surface area (Å²) in [6.07, 6.45) is 8.11. The molecule has 0 aromatic rings. The van der Waals surface area contributed by atoms with E-state index in [9.17, 15) is 0 Å². The maximum atomic E-state index is 6.08. The summed E-state index contributed by atoms with van der Waals surface area (Å²) in [6, 6.07) is 0.610. The molecule has 17 heavy (non-hydrogen) atoms. The van der Waals surface area contributed by atoms with Gasteiger partial charge in [0.15, 0.2) is 0 Å². The fourth-order valence-corrected chi connectivity index (χ4v) is 2.95. The molecule has 2 heteroatoms. The summed E-state index contributed by atoms with van der Waals surface area (Å²) in [7, 11) is 0.